The summed E-state index contributed by atoms with van der Waals surface area (Å²) in [7, 11) is 0. The fourth-order valence-corrected chi connectivity index (χ4v) is 2.36. The Morgan fingerprint density at radius 3 is 2.33 bits per heavy atom. The van der Waals surface area contributed by atoms with E-state index in [0.29, 0.717) is 0 Å². The molecule has 0 spiro atoms. The van der Waals surface area contributed by atoms with E-state index in [1.807, 2.05) is 12.1 Å². The Morgan fingerprint density at radius 1 is 1.25 bits per heavy atom. The largest absolute Gasteiger partial charge is 0.408 e. The van der Waals surface area contributed by atoms with Crippen molar-refractivity contribution < 1.29 is 4.39 Å². The predicted octanol–water partition coefficient (Wildman–Crippen LogP) is 2.56. The number of halogens is 2. The molecule has 1 aromatic rings. The van der Waals surface area contributed by atoms with Crippen molar-refractivity contribution in [1.29, 1.82) is 0 Å². The average Bonchev–Trinajstić information content (AvgIpc) is 2.04. The summed E-state index contributed by atoms with van der Waals surface area (Å²) in [6, 6.07) is 6.93. The molecule has 0 saturated heterocycles. The van der Waals surface area contributed by atoms with E-state index in [-0.39, 0.29) is 43.2 Å². The Balaban J connectivity index is 0.00000121. The van der Waals surface area contributed by atoms with Crippen LogP contribution in [0.1, 0.15) is 13.3 Å². The standard InChI is InChI=1S/C6H4F.C3H7.BrH.Mg/c7-6-4-2-1-3-5-6;1-3-2;;/h2-5H;1,3H2,2H3;1H;. The van der Waals surface area contributed by atoms with Gasteiger partial charge in [-0.05, 0) is 12.1 Å². The van der Waals surface area contributed by atoms with Crippen LogP contribution in [0.25, 0.3) is 0 Å². The Kier molecular flexibility index (Phi) is 7.09. The highest BCUT2D eigenvalue weighted by molar-refractivity contribution is 8.93. The molecule has 0 aliphatic heterocycles. The summed E-state index contributed by atoms with van der Waals surface area (Å²) in [5.41, 5.74) is 0. The minimum absolute atomic E-state index is 0. The maximum absolute atomic E-state index is 12.4. The van der Waals surface area contributed by atoms with Crippen LogP contribution >= 0.6 is 17.0 Å². The molecule has 0 heterocycles. The van der Waals surface area contributed by atoms with E-state index < -0.39 is 0 Å². The van der Waals surface area contributed by atoms with Crippen LogP contribution in [0, 0.1) is 5.82 Å². The third-order valence-corrected chi connectivity index (χ3v) is 3.84. The molecule has 0 N–H and O–H groups in total. The predicted molar refractivity (Wildman–Crippen MR) is 57.2 cm³/mol. The first-order valence-corrected chi connectivity index (χ1v) is 5.78. The highest BCUT2D eigenvalue weighted by Gasteiger charge is 1.96. The fraction of sp³-hybridized carbons (Fsp3) is 0.333. The zero-order valence-corrected chi connectivity index (χ0v) is 10.3. The van der Waals surface area contributed by atoms with Gasteiger partial charge >= 0.3 is 20.4 Å². The minimum atomic E-state index is -0.126. The number of hydrogen-bond donors (Lipinski definition) is 0. The molecule has 0 amide bonds. The monoisotopic (exact) mass is 242 g/mol. The maximum Gasteiger partial charge on any atom is 0.408 e. The Morgan fingerprint density at radius 2 is 1.83 bits per heavy atom. The van der Waals surface area contributed by atoms with E-state index in [0.717, 1.165) is 0 Å². The van der Waals surface area contributed by atoms with Crippen LogP contribution in [0.5, 0.6) is 0 Å². The Labute approximate surface area is 93.0 Å². The molecule has 0 aromatic heterocycles. The molecule has 0 unspecified atom stereocenters. The molecule has 64 valence electrons. The smallest absolute Gasteiger partial charge is 0.207 e. The van der Waals surface area contributed by atoms with Crippen molar-refractivity contribution in [2.45, 2.75) is 17.9 Å². The lowest BCUT2D eigenvalue weighted by atomic mass is 10.3. The molecule has 0 nitrogen and oxygen atoms in total. The second-order valence-electron chi connectivity index (χ2n) is 2.73. The fourth-order valence-electron chi connectivity index (χ4n) is 1.03. The first-order chi connectivity index (χ1) is 5.33. The van der Waals surface area contributed by atoms with Gasteiger partial charge in [0.05, 0.1) is 0 Å². The topological polar surface area (TPSA) is 0 Å². The molecule has 1 rings (SSSR count). The molecule has 0 bridgehead atoms. The van der Waals surface area contributed by atoms with Crippen molar-refractivity contribution >= 4 is 41.0 Å². The van der Waals surface area contributed by atoms with Gasteiger partial charge in [-0.1, -0.05) is 25.5 Å². The lowest BCUT2D eigenvalue weighted by molar-refractivity contribution is 0.628. The molecule has 0 aliphatic rings. The summed E-state index contributed by atoms with van der Waals surface area (Å²) in [4.78, 5) is 0. The van der Waals surface area contributed by atoms with Crippen molar-refractivity contribution in [2.75, 3.05) is 0 Å². The van der Waals surface area contributed by atoms with Crippen LogP contribution < -0.4 is 3.69 Å². The highest BCUT2D eigenvalue weighted by atomic mass is 79.9. The lowest BCUT2D eigenvalue weighted by Crippen LogP contribution is -2.12. The van der Waals surface area contributed by atoms with E-state index in [1.165, 1.54) is 14.7 Å². The van der Waals surface area contributed by atoms with Crippen molar-refractivity contribution in [2.24, 2.45) is 0 Å². The number of hydrogen-bond acceptors (Lipinski definition) is 0. The normalized spacial score (nSPS) is 8.50. The second kappa shape index (κ2) is 6.86. The second-order valence-corrected chi connectivity index (χ2v) is 4.75. The maximum atomic E-state index is 12.4. The molecule has 1 aromatic carbocycles. The summed E-state index contributed by atoms with van der Waals surface area (Å²) in [5.74, 6) is -0.126. The molecule has 0 aliphatic carbocycles. The molecule has 12 heavy (non-hydrogen) atoms. The first-order valence-electron chi connectivity index (χ1n) is 4.07. The van der Waals surface area contributed by atoms with E-state index >= 15 is 0 Å². The quantitative estimate of drug-likeness (QED) is 0.716. The van der Waals surface area contributed by atoms with Crippen molar-refractivity contribution in [3.05, 3.63) is 30.1 Å². The third kappa shape index (κ3) is 4.43. The highest BCUT2D eigenvalue weighted by Crippen LogP contribution is 1.93. The van der Waals surface area contributed by atoms with Gasteiger partial charge in [-0.2, -0.15) is 3.69 Å². The lowest BCUT2D eigenvalue weighted by Gasteiger charge is -1.95. The van der Waals surface area contributed by atoms with E-state index in [2.05, 4.69) is 6.92 Å². The summed E-state index contributed by atoms with van der Waals surface area (Å²) in [6.07, 6.45) is 1.25. The van der Waals surface area contributed by atoms with Crippen LogP contribution in [0.3, 0.4) is 0 Å². The SMILES string of the molecule is Br.CC[CH2][Mg][c]1ccc(F)cc1. The molecule has 0 radical (unpaired) electrons. The van der Waals surface area contributed by atoms with E-state index in [9.17, 15) is 4.39 Å². The van der Waals surface area contributed by atoms with Gasteiger partial charge in [0.2, 0.25) is 0 Å². The van der Waals surface area contributed by atoms with Crippen LogP contribution in [-0.4, -0.2) is 20.4 Å². The summed E-state index contributed by atoms with van der Waals surface area (Å²) < 4.78 is 15.1. The van der Waals surface area contributed by atoms with Crippen molar-refractivity contribution in [3.63, 3.8) is 0 Å². The molecule has 0 fully saturated rings. The van der Waals surface area contributed by atoms with Gasteiger partial charge in [0.25, 0.3) is 0 Å². The number of benzene rings is 1. The van der Waals surface area contributed by atoms with Gasteiger partial charge in [-0.3, -0.25) is 0 Å². The third-order valence-electron chi connectivity index (χ3n) is 1.73. The van der Waals surface area contributed by atoms with Gasteiger partial charge < -0.3 is 0 Å². The Bertz CT molecular complexity index is 210. The van der Waals surface area contributed by atoms with Gasteiger partial charge in [-0.15, -0.1) is 21.5 Å². The zero-order chi connectivity index (χ0) is 8.10. The number of rotatable bonds is 3. The van der Waals surface area contributed by atoms with Gasteiger partial charge in [-0.25, -0.2) is 4.39 Å². The average molecular weight is 243 g/mol. The van der Waals surface area contributed by atoms with E-state index in [1.54, 1.807) is 12.1 Å². The van der Waals surface area contributed by atoms with Crippen LogP contribution in [0.15, 0.2) is 24.3 Å². The molecular weight excluding hydrogens is 231 g/mol. The molecular formula is C9H12BrFMg. The molecule has 3 heteroatoms. The van der Waals surface area contributed by atoms with Crippen LogP contribution in [0.4, 0.5) is 4.39 Å². The first kappa shape index (κ1) is 12.4. The zero-order valence-electron chi connectivity index (χ0n) is 7.22. The van der Waals surface area contributed by atoms with Gasteiger partial charge in [0.1, 0.15) is 5.82 Å². The molecule has 0 atom stereocenters. The van der Waals surface area contributed by atoms with Crippen LogP contribution in [0.2, 0.25) is 4.55 Å². The van der Waals surface area contributed by atoms with Crippen LogP contribution in [-0.2, 0) is 0 Å². The summed E-state index contributed by atoms with van der Waals surface area (Å²) in [5, 5.41) is 0. The summed E-state index contributed by atoms with van der Waals surface area (Å²) >= 11 is -0.0941. The minimum Gasteiger partial charge on any atom is -0.207 e. The van der Waals surface area contributed by atoms with E-state index in [4.69, 9.17) is 0 Å². The van der Waals surface area contributed by atoms with Gasteiger partial charge in [0.15, 0.2) is 0 Å². The van der Waals surface area contributed by atoms with Gasteiger partial charge in [0, 0.05) is 0 Å². The van der Waals surface area contributed by atoms with Crippen molar-refractivity contribution in [1.82, 2.24) is 0 Å². The Hall–Kier alpha value is 0.396. The summed E-state index contributed by atoms with van der Waals surface area (Å²) in [6.45, 7) is 2.19. The van der Waals surface area contributed by atoms with Crippen molar-refractivity contribution in [3.8, 4) is 0 Å². The molecule has 0 saturated carbocycles.